The third kappa shape index (κ3) is 2.64. The molecule has 2 aromatic heterocycles. The van der Waals surface area contributed by atoms with Crippen LogP contribution in [0.5, 0.6) is 0 Å². The Morgan fingerprint density at radius 2 is 2.12 bits per heavy atom. The molecule has 86 valence electrons. The Bertz CT molecular complexity index is 458. The zero-order valence-electron chi connectivity index (χ0n) is 9.47. The van der Waals surface area contributed by atoms with Crippen molar-refractivity contribution >= 4 is 11.6 Å². The summed E-state index contributed by atoms with van der Waals surface area (Å²) in [7, 11) is 1.92. The molecule has 0 bridgehead atoms. The van der Waals surface area contributed by atoms with Crippen molar-refractivity contribution in [1.29, 1.82) is 0 Å². The SMILES string of the molecule is CC(Cl)c1cnn(CCc2cnn(C)c2)c1. The molecule has 0 saturated heterocycles. The summed E-state index contributed by atoms with van der Waals surface area (Å²) in [5, 5.41) is 8.41. The minimum atomic E-state index is 0.0205. The van der Waals surface area contributed by atoms with Crippen LogP contribution in [0, 0.1) is 0 Å². The van der Waals surface area contributed by atoms with Gasteiger partial charge in [-0.3, -0.25) is 9.36 Å². The van der Waals surface area contributed by atoms with Gasteiger partial charge in [-0.15, -0.1) is 11.6 Å². The fraction of sp³-hybridized carbons (Fsp3) is 0.455. The van der Waals surface area contributed by atoms with Crippen LogP contribution >= 0.6 is 11.6 Å². The predicted molar refractivity (Wildman–Crippen MR) is 63.4 cm³/mol. The van der Waals surface area contributed by atoms with Crippen LogP contribution in [0.1, 0.15) is 23.4 Å². The molecule has 2 heterocycles. The molecule has 4 nitrogen and oxygen atoms in total. The summed E-state index contributed by atoms with van der Waals surface area (Å²) in [5.74, 6) is 0. The summed E-state index contributed by atoms with van der Waals surface area (Å²) in [4.78, 5) is 0. The highest BCUT2D eigenvalue weighted by molar-refractivity contribution is 6.20. The number of alkyl halides is 1. The van der Waals surface area contributed by atoms with Crippen LogP contribution in [0.15, 0.2) is 24.8 Å². The number of aryl methyl sites for hydroxylation is 3. The van der Waals surface area contributed by atoms with Crippen molar-refractivity contribution in [2.24, 2.45) is 7.05 Å². The van der Waals surface area contributed by atoms with Crippen molar-refractivity contribution in [3.8, 4) is 0 Å². The predicted octanol–water partition coefficient (Wildman–Crippen LogP) is 2.16. The number of aromatic nitrogens is 4. The Morgan fingerprint density at radius 3 is 2.69 bits per heavy atom. The van der Waals surface area contributed by atoms with Crippen molar-refractivity contribution in [2.45, 2.75) is 25.3 Å². The first-order chi connectivity index (χ1) is 7.65. The first-order valence-corrected chi connectivity index (χ1v) is 5.73. The van der Waals surface area contributed by atoms with E-state index in [4.69, 9.17) is 11.6 Å². The number of hydrogen-bond donors (Lipinski definition) is 0. The van der Waals surface area contributed by atoms with Crippen LogP contribution in [0.4, 0.5) is 0 Å². The van der Waals surface area contributed by atoms with Gasteiger partial charge in [0.1, 0.15) is 0 Å². The summed E-state index contributed by atoms with van der Waals surface area (Å²) in [6.07, 6.45) is 8.66. The van der Waals surface area contributed by atoms with Crippen LogP contribution in [-0.2, 0) is 20.0 Å². The fourth-order valence-electron chi connectivity index (χ4n) is 1.55. The van der Waals surface area contributed by atoms with E-state index in [0.717, 1.165) is 18.5 Å². The van der Waals surface area contributed by atoms with E-state index in [1.54, 1.807) is 0 Å². The second-order valence-corrected chi connectivity index (χ2v) is 4.58. The minimum absolute atomic E-state index is 0.0205. The molecule has 0 amide bonds. The van der Waals surface area contributed by atoms with Gasteiger partial charge < -0.3 is 0 Å². The van der Waals surface area contributed by atoms with Crippen LogP contribution in [0.25, 0.3) is 0 Å². The van der Waals surface area contributed by atoms with E-state index in [0.29, 0.717) is 0 Å². The number of nitrogens with zero attached hydrogens (tertiary/aromatic N) is 4. The molecule has 0 N–H and O–H groups in total. The average Bonchev–Trinajstić information content (AvgIpc) is 2.83. The van der Waals surface area contributed by atoms with Gasteiger partial charge in [-0.25, -0.2) is 0 Å². The zero-order chi connectivity index (χ0) is 11.5. The lowest BCUT2D eigenvalue weighted by molar-refractivity contribution is 0.614. The molecule has 0 aromatic carbocycles. The third-order valence-corrected chi connectivity index (χ3v) is 2.75. The monoisotopic (exact) mass is 238 g/mol. The Morgan fingerprint density at radius 1 is 1.31 bits per heavy atom. The molecule has 0 radical (unpaired) electrons. The normalized spacial score (nSPS) is 12.9. The lowest BCUT2D eigenvalue weighted by atomic mass is 10.2. The Labute approximate surface area is 99.8 Å². The molecule has 0 aliphatic rings. The summed E-state index contributed by atoms with van der Waals surface area (Å²) in [6, 6.07) is 0. The first-order valence-electron chi connectivity index (χ1n) is 5.29. The molecule has 1 unspecified atom stereocenters. The maximum Gasteiger partial charge on any atom is 0.0588 e. The summed E-state index contributed by atoms with van der Waals surface area (Å²) >= 11 is 5.97. The van der Waals surface area contributed by atoms with Gasteiger partial charge in [-0.05, 0) is 18.9 Å². The van der Waals surface area contributed by atoms with Gasteiger partial charge in [0.05, 0.1) is 17.8 Å². The van der Waals surface area contributed by atoms with Crippen molar-refractivity contribution < 1.29 is 0 Å². The summed E-state index contributed by atoms with van der Waals surface area (Å²) < 4.78 is 3.73. The van der Waals surface area contributed by atoms with E-state index >= 15 is 0 Å². The fourth-order valence-corrected chi connectivity index (χ4v) is 1.66. The van der Waals surface area contributed by atoms with Crippen molar-refractivity contribution in [2.75, 3.05) is 0 Å². The summed E-state index contributed by atoms with van der Waals surface area (Å²) in [5.41, 5.74) is 2.28. The molecule has 2 aromatic rings. The highest BCUT2D eigenvalue weighted by Gasteiger charge is 2.04. The second kappa shape index (κ2) is 4.70. The van der Waals surface area contributed by atoms with Crippen LogP contribution < -0.4 is 0 Å². The van der Waals surface area contributed by atoms with E-state index < -0.39 is 0 Å². The Kier molecular flexibility index (Phi) is 3.29. The molecule has 1 atom stereocenters. The van der Waals surface area contributed by atoms with Gasteiger partial charge in [0.15, 0.2) is 0 Å². The van der Waals surface area contributed by atoms with Crippen LogP contribution in [0.3, 0.4) is 0 Å². The van der Waals surface area contributed by atoms with Gasteiger partial charge in [-0.2, -0.15) is 10.2 Å². The minimum Gasteiger partial charge on any atom is -0.276 e. The van der Waals surface area contributed by atoms with E-state index in [1.807, 2.05) is 48.1 Å². The van der Waals surface area contributed by atoms with E-state index in [-0.39, 0.29) is 5.38 Å². The topological polar surface area (TPSA) is 35.6 Å². The molecule has 16 heavy (non-hydrogen) atoms. The number of hydrogen-bond acceptors (Lipinski definition) is 2. The van der Waals surface area contributed by atoms with Gasteiger partial charge in [-0.1, -0.05) is 0 Å². The molecule has 0 aliphatic heterocycles. The smallest absolute Gasteiger partial charge is 0.0588 e. The molecular formula is C11H15ClN4. The largest absolute Gasteiger partial charge is 0.276 e. The van der Waals surface area contributed by atoms with Gasteiger partial charge in [0.2, 0.25) is 0 Å². The van der Waals surface area contributed by atoms with E-state index in [1.165, 1.54) is 5.56 Å². The van der Waals surface area contributed by atoms with Crippen LogP contribution in [-0.4, -0.2) is 19.6 Å². The van der Waals surface area contributed by atoms with Gasteiger partial charge in [0.25, 0.3) is 0 Å². The Hall–Kier alpha value is -1.29. The molecule has 0 saturated carbocycles. The van der Waals surface area contributed by atoms with Gasteiger partial charge >= 0.3 is 0 Å². The lowest BCUT2D eigenvalue weighted by Crippen LogP contribution is -2.01. The highest BCUT2D eigenvalue weighted by atomic mass is 35.5. The van der Waals surface area contributed by atoms with Crippen molar-refractivity contribution in [1.82, 2.24) is 19.6 Å². The first kappa shape index (κ1) is 11.2. The molecule has 2 rings (SSSR count). The Balaban J connectivity index is 1.94. The molecule has 0 spiro atoms. The zero-order valence-corrected chi connectivity index (χ0v) is 10.2. The van der Waals surface area contributed by atoms with Crippen molar-refractivity contribution in [3.05, 3.63) is 35.9 Å². The van der Waals surface area contributed by atoms with E-state index in [9.17, 15) is 0 Å². The standard InChI is InChI=1S/C11H15ClN4/c1-9(12)11-6-14-16(8-11)4-3-10-5-13-15(2)7-10/h5-9H,3-4H2,1-2H3. The molecule has 5 heteroatoms. The van der Waals surface area contributed by atoms with Gasteiger partial charge in [0, 0.05) is 31.5 Å². The number of rotatable bonds is 4. The maximum absolute atomic E-state index is 5.97. The second-order valence-electron chi connectivity index (χ2n) is 3.92. The molecule has 0 aliphatic carbocycles. The lowest BCUT2D eigenvalue weighted by Gasteiger charge is -1.99. The molecular weight excluding hydrogens is 224 g/mol. The number of halogens is 1. The average molecular weight is 239 g/mol. The molecule has 0 fully saturated rings. The summed E-state index contributed by atoms with van der Waals surface area (Å²) in [6.45, 7) is 2.80. The highest BCUT2D eigenvalue weighted by Crippen LogP contribution is 2.17. The van der Waals surface area contributed by atoms with E-state index in [2.05, 4.69) is 10.2 Å². The van der Waals surface area contributed by atoms with Crippen LogP contribution in [0.2, 0.25) is 0 Å². The quantitative estimate of drug-likeness (QED) is 0.766. The third-order valence-electron chi connectivity index (χ3n) is 2.50. The van der Waals surface area contributed by atoms with Crippen molar-refractivity contribution in [3.63, 3.8) is 0 Å². The maximum atomic E-state index is 5.97.